The molecule has 0 bridgehead atoms. The zero-order valence-corrected chi connectivity index (χ0v) is 50.9. The molecule has 0 saturated carbocycles. The van der Waals surface area contributed by atoms with Crippen molar-refractivity contribution >= 4 is 45.8 Å². The lowest BCUT2D eigenvalue weighted by Crippen LogP contribution is -2.47. The van der Waals surface area contributed by atoms with Gasteiger partial charge in [-0.05, 0) is 95.3 Å². The summed E-state index contributed by atoms with van der Waals surface area (Å²) < 4.78 is 33.1. The van der Waals surface area contributed by atoms with E-state index < -0.39 is 28.2 Å². The van der Waals surface area contributed by atoms with Gasteiger partial charge < -0.3 is 28.8 Å². The van der Waals surface area contributed by atoms with E-state index in [1.807, 2.05) is 42.5 Å². The third-order valence-electron chi connectivity index (χ3n) is 15.5. The van der Waals surface area contributed by atoms with Crippen LogP contribution in [0.15, 0.2) is 66.7 Å². The van der Waals surface area contributed by atoms with Crippen molar-refractivity contribution < 1.29 is 27.9 Å². The Morgan fingerprint density at radius 3 is 0.986 bits per heavy atom. The van der Waals surface area contributed by atoms with Gasteiger partial charge in [-0.25, -0.2) is 0 Å². The zero-order chi connectivity index (χ0) is 53.2. The summed E-state index contributed by atoms with van der Waals surface area (Å²) in [5.41, 5.74) is 10.5. The van der Waals surface area contributed by atoms with E-state index in [1.165, 1.54) is 77.0 Å². The van der Waals surface area contributed by atoms with Gasteiger partial charge in [-0.15, -0.1) is 0 Å². The maximum Gasteiger partial charge on any atom is 0.321 e. The molecule has 0 saturated heterocycles. The lowest BCUT2D eigenvalue weighted by atomic mass is 9.79. The average molecular weight is 1070 g/mol. The van der Waals surface area contributed by atoms with Gasteiger partial charge in [-0.2, -0.15) is 0 Å². The fourth-order valence-corrected chi connectivity index (χ4v) is 23.2. The van der Waals surface area contributed by atoms with E-state index in [1.54, 1.807) is 24.3 Å². The van der Waals surface area contributed by atoms with Gasteiger partial charge in [0.1, 0.15) is 11.5 Å². The maximum absolute atomic E-state index is 13.4. The van der Waals surface area contributed by atoms with Gasteiger partial charge in [-0.1, -0.05) is 220 Å². The van der Waals surface area contributed by atoms with Crippen molar-refractivity contribution in [3.63, 3.8) is 0 Å². The lowest BCUT2D eigenvalue weighted by molar-refractivity contribution is -0.151. The number of hydrogen-bond acceptors (Lipinski definition) is 7. The molecule has 0 amide bonds. The molecule has 0 radical (unpaired) electrons. The van der Waals surface area contributed by atoms with Gasteiger partial charge in [0.15, 0.2) is 22.2 Å². The molecule has 408 valence electrons. The molecule has 0 atom stereocenters. The minimum atomic E-state index is -1.77. The van der Waals surface area contributed by atoms with Crippen LogP contribution in [0.2, 0.25) is 43.3 Å². The van der Waals surface area contributed by atoms with E-state index in [9.17, 15) is 4.79 Å². The molecule has 0 heterocycles. The number of esters is 1. The summed E-state index contributed by atoms with van der Waals surface area (Å²) in [7, 11) is -3.55. The summed E-state index contributed by atoms with van der Waals surface area (Å²) in [4.78, 5) is 13.4. The molecule has 72 heavy (non-hydrogen) atoms. The molecule has 0 aliphatic heterocycles. The van der Waals surface area contributed by atoms with E-state index in [2.05, 4.69) is 83.1 Å². The second-order valence-electron chi connectivity index (χ2n) is 22.5. The predicted molar refractivity (Wildman–Crippen MR) is 312 cm³/mol. The molecule has 0 unspecified atom stereocenters. The molecule has 2 N–H and O–H groups in total. The first-order valence-corrected chi connectivity index (χ1v) is 33.5. The third-order valence-corrected chi connectivity index (χ3v) is 28.2. The van der Waals surface area contributed by atoms with Gasteiger partial charge in [-0.3, -0.25) is 4.79 Å². The quantitative estimate of drug-likeness (QED) is 0.0263. The normalized spacial score (nSPS) is 12.6. The van der Waals surface area contributed by atoms with Crippen LogP contribution in [0.1, 0.15) is 215 Å². The van der Waals surface area contributed by atoms with Crippen LogP contribution in [-0.4, -0.2) is 55.6 Å². The van der Waals surface area contributed by atoms with Crippen molar-refractivity contribution in [1.29, 1.82) is 0 Å². The monoisotopic (exact) mass is 1070 g/mol. The second kappa shape index (κ2) is 33.6. The number of hydrogen-bond donors (Lipinski definition) is 1. The number of rotatable bonds is 39. The average Bonchev–Trinajstić information content (AvgIpc) is 3.33. The van der Waals surface area contributed by atoms with Gasteiger partial charge in [0.2, 0.25) is 0 Å². The standard InChI is InChI=1S/C61H101Cl2NO6Si2/c1-47(2)71(48(3)4,49(5)6)68-41-29-25-21-17-13-15-19-23-27-39-66-58-43-55(61(70-60(65)46-64,53-31-35-56(62)36-32-53)54-33-37-57(63)38-34-54)44-59(45-58)67-40-28-24-20-16-14-18-22-26-30-42-69-72(50(7)8,51(9)10)52(11)12/h31-38,43-45,47-52H,13-30,39-42,46,64H2,1-12H3. The number of carbonyl (C=O) groups excluding carboxylic acids is 1. The molecule has 0 fully saturated rings. The van der Waals surface area contributed by atoms with Crippen molar-refractivity contribution in [3.05, 3.63) is 93.5 Å². The summed E-state index contributed by atoms with van der Waals surface area (Å²) >= 11 is 12.8. The predicted octanol–water partition coefficient (Wildman–Crippen LogP) is 19.0. The smallest absolute Gasteiger partial charge is 0.321 e. The minimum Gasteiger partial charge on any atom is -0.493 e. The number of benzene rings is 3. The lowest BCUT2D eigenvalue weighted by Gasteiger charge is -2.42. The Balaban J connectivity index is 1.60. The van der Waals surface area contributed by atoms with Crippen molar-refractivity contribution in [3.8, 4) is 11.5 Å². The number of halogens is 2. The van der Waals surface area contributed by atoms with E-state index >= 15 is 0 Å². The first-order valence-electron chi connectivity index (χ1n) is 28.5. The van der Waals surface area contributed by atoms with Crippen molar-refractivity contribution in [1.82, 2.24) is 0 Å². The Kier molecular flexibility index (Phi) is 29.8. The van der Waals surface area contributed by atoms with Crippen LogP contribution in [0.4, 0.5) is 0 Å². The van der Waals surface area contributed by atoms with Crippen LogP contribution < -0.4 is 15.2 Å². The first kappa shape index (κ1) is 63.9. The number of unbranched alkanes of at least 4 members (excludes halogenated alkanes) is 16. The Labute approximate surface area is 452 Å². The fourth-order valence-electron chi connectivity index (χ4n) is 12.0. The highest BCUT2D eigenvalue weighted by Gasteiger charge is 2.46. The molecular formula is C61H101Cl2NO6Si2. The van der Waals surface area contributed by atoms with Crippen LogP contribution in [-0.2, 0) is 24.0 Å². The Morgan fingerprint density at radius 2 is 0.708 bits per heavy atom. The summed E-state index contributed by atoms with van der Waals surface area (Å²) in [5, 5.41) is 1.14. The van der Waals surface area contributed by atoms with E-state index in [0.29, 0.717) is 84.7 Å². The SMILES string of the molecule is CC(C)[Si](OCCCCCCCCCCCOc1cc(OCCCCCCCCCCCO[Si](C(C)C)(C(C)C)C(C)C)cc(C(OC(=O)CN)(c2ccc(Cl)cc2)c2ccc(Cl)cc2)c1)(C(C)C)C(C)C. The van der Waals surface area contributed by atoms with Crippen LogP contribution in [0.5, 0.6) is 11.5 Å². The van der Waals surface area contributed by atoms with Gasteiger partial charge in [0, 0.05) is 46.0 Å². The number of carbonyl (C=O) groups is 1. The van der Waals surface area contributed by atoms with Crippen LogP contribution in [0.25, 0.3) is 0 Å². The minimum absolute atomic E-state index is 0.291. The Morgan fingerprint density at radius 1 is 0.431 bits per heavy atom. The fraction of sp³-hybridized carbons (Fsp3) is 0.689. The molecule has 3 aromatic carbocycles. The highest BCUT2D eigenvalue weighted by molar-refractivity contribution is 6.78. The highest BCUT2D eigenvalue weighted by atomic mass is 35.5. The van der Waals surface area contributed by atoms with Crippen molar-refractivity contribution in [2.45, 2.75) is 238 Å². The van der Waals surface area contributed by atoms with Crippen LogP contribution in [0, 0.1) is 0 Å². The largest absolute Gasteiger partial charge is 0.493 e. The molecule has 7 nitrogen and oxygen atoms in total. The number of nitrogens with two attached hydrogens (primary N) is 1. The van der Waals surface area contributed by atoms with E-state index in [4.69, 9.17) is 52.0 Å². The highest BCUT2D eigenvalue weighted by Crippen LogP contribution is 2.46. The van der Waals surface area contributed by atoms with Crippen molar-refractivity contribution in [2.75, 3.05) is 33.0 Å². The summed E-state index contributed by atoms with van der Waals surface area (Å²) in [5.74, 6) is 0.762. The Bertz CT molecular complexity index is 1760. The van der Waals surface area contributed by atoms with Gasteiger partial charge in [0.25, 0.3) is 0 Å². The van der Waals surface area contributed by atoms with Crippen LogP contribution in [0.3, 0.4) is 0 Å². The molecule has 11 heteroatoms. The topological polar surface area (TPSA) is 89.2 Å². The first-order chi connectivity index (χ1) is 34.4. The summed E-state index contributed by atoms with van der Waals surface area (Å²) in [6.07, 6.45) is 21.4. The van der Waals surface area contributed by atoms with Crippen LogP contribution >= 0.6 is 23.2 Å². The molecule has 0 aliphatic rings. The molecular weight excluding hydrogens is 970 g/mol. The second-order valence-corrected chi connectivity index (χ2v) is 34.3. The third kappa shape index (κ3) is 19.3. The van der Waals surface area contributed by atoms with E-state index in [0.717, 1.165) is 51.7 Å². The molecule has 3 aromatic rings. The maximum atomic E-state index is 13.4. The summed E-state index contributed by atoms with van der Waals surface area (Å²) in [6.45, 7) is 31.1. The summed E-state index contributed by atoms with van der Waals surface area (Å²) in [6, 6.07) is 20.6. The molecule has 0 spiro atoms. The van der Waals surface area contributed by atoms with E-state index in [-0.39, 0.29) is 6.54 Å². The number of ether oxygens (including phenoxy) is 3. The molecule has 3 rings (SSSR count). The Hall–Kier alpha value is -2.38. The zero-order valence-electron chi connectivity index (χ0n) is 47.4. The van der Waals surface area contributed by atoms with Gasteiger partial charge in [0.05, 0.1) is 19.8 Å². The molecule has 0 aliphatic carbocycles. The van der Waals surface area contributed by atoms with Crippen molar-refractivity contribution in [2.24, 2.45) is 5.73 Å². The van der Waals surface area contributed by atoms with Gasteiger partial charge >= 0.3 is 5.97 Å². The molecule has 0 aromatic heterocycles.